The second kappa shape index (κ2) is 9.17. The molecule has 0 saturated carbocycles. The van der Waals surface area contributed by atoms with E-state index in [2.05, 4.69) is 12.2 Å². The van der Waals surface area contributed by atoms with Crippen LogP contribution in [0.4, 0.5) is 15.8 Å². The Hall–Kier alpha value is -3.49. The number of hydrogen-bond acceptors (Lipinski definition) is 4. The van der Waals surface area contributed by atoms with E-state index in [1.807, 2.05) is 0 Å². The van der Waals surface area contributed by atoms with E-state index in [4.69, 9.17) is 0 Å². The van der Waals surface area contributed by atoms with Crippen molar-refractivity contribution < 1.29 is 18.8 Å². The number of aromatic nitrogens is 1. The minimum Gasteiger partial charge on any atom is -0.339 e. The third kappa shape index (κ3) is 4.81. The predicted molar refractivity (Wildman–Crippen MR) is 121 cm³/mol. The first-order chi connectivity index (χ1) is 15.7. The van der Waals surface area contributed by atoms with Crippen LogP contribution in [0, 0.1) is 17.7 Å². The number of likely N-dealkylation sites (tertiary alicyclic amines) is 1. The molecule has 3 amide bonds. The molecular formula is C24H27FN4O4. The number of carbonyl (C=O) groups is 3. The molecule has 3 heterocycles. The zero-order valence-electron chi connectivity index (χ0n) is 18.7. The minimum absolute atomic E-state index is 0.00593. The van der Waals surface area contributed by atoms with Gasteiger partial charge in [0.2, 0.25) is 11.8 Å². The lowest BCUT2D eigenvalue weighted by Gasteiger charge is -2.30. The van der Waals surface area contributed by atoms with Gasteiger partial charge in [0, 0.05) is 45.0 Å². The number of halogens is 1. The van der Waals surface area contributed by atoms with E-state index >= 15 is 0 Å². The molecule has 9 heteroatoms. The molecule has 2 aromatic rings. The number of hydrogen-bond donors (Lipinski definition) is 1. The molecule has 0 radical (unpaired) electrons. The Bertz CT molecular complexity index is 1140. The SMILES string of the molecule is CC1CCN(C(=O)c2cc(NC(=O)C3CC(=O)N(c4ccc(F)cc4)C3)c(=O)n(C)c2)CC1. The van der Waals surface area contributed by atoms with Crippen molar-refractivity contribution in [3.8, 4) is 0 Å². The summed E-state index contributed by atoms with van der Waals surface area (Å²) in [5.41, 5.74) is 0.409. The van der Waals surface area contributed by atoms with Gasteiger partial charge in [0.1, 0.15) is 11.5 Å². The minimum atomic E-state index is -0.671. The summed E-state index contributed by atoms with van der Waals surface area (Å²) in [5.74, 6) is -1.40. The highest BCUT2D eigenvalue weighted by Crippen LogP contribution is 2.26. The number of pyridine rings is 1. The van der Waals surface area contributed by atoms with Crippen molar-refractivity contribution in [3.05, 3.63) is 58.3 Å². The van der Waals surface area contributed by atoms with Gasteiger partial charge in [-0.05, 0) is 49.1 Å². The first-order valence-electron chi connectivity index (χ1n) is 11.1. The van der Waals surface area contributed by atoms with Gasteiger partial charge in [-0.2, -0.15) is 0 Å². The molecular weight excluding hydrogens is 427 g/mol. The van der Waals surface area contributed by atoms with Crippen molar-refractivity contribution in [3.63, 3.8) is 0 Å². The summed E-state index contributed by atoms with van der Waals surface area (Å²) in [6.45, 7) is 3.61. The molecule has 0 spiro atoms. The Balaban J connectivity index is 1.48. The topological polar surface area (TPSA) is 91.7 Å². The van der Waals surface area contributed by atoms with Gasteiger partial charge in [-0.3, -0.25) is 19.2 Å². The number of nitrogens with one attached hydrogen (secondary N) is 1. The van der Waals surface area contributed by atoms with Crippen LogP contribution >= 0.6 is 0 Å². The summed E-state index contributed by atoms with van der Waals surface area (Å²) in [6, 6.07) is 6.89. The van der Waals surface area contributed by atoms with Crippen LogP contribution < -0.4 is 15.8 Å². The number of aryl methyl sites for hydroxylation is 1. The molecule has 174 valence electrons. The van der Waals surface area contributed by atoms with Gasteiger partial charge in [-0.15, -0.1) is 0 Å². The molecule has 1 N–H and O–H groups in total. The van der Waals surface area contributed by atoms with Crippen LogP contribution in [-0.4, -0.2) is 46.8 Å². The van der Waals surface area contributed by atoms with E-state index in [1.54, 1.807) is 4.90 Å². The highest BCUT2D eigenvalue weighted by atomic mass is 19.1. The van der Waals surface area contributed by atoms with Gasteiger partial charge in [0.05, 0.1) is 11.5 Å². The van der Waals surface area contributed by atoms with Crippen LogP contribution in [-0.2, 0) is 16.6 Å². The van der Waals surface area contributed by atoms with Crippen molar-refractivity contribution in [2.24, 2.45) is 18.9 Å². The Labute approximate surface area is 191 Å². The molecule has 2 fully saturated rings. The fraction of sp³-hybridized carbons (Fsp3) is 0.417. The van der Waals surface area contributed by atoms with E-state index in [1.165, 1.54) is 53.0 Å². The number of carbonyl (C=O) groups excluding carboxylic acids is 3. The van der Waals surface area contributed by atoms with Gasteiger partial charge in [0.25, 0.3) is 11.5 Å². The van der Waals surface area contributed by atoms with Crippen molar-refractivity contribution in [2.45, 2.75) is 26.2 Å². The van der Waals surface area contributed by atoms with E-state index < -0.39 is 23.2 Å². The zero-order valence-corrected chi connectivity index (χ0v) is 18.7. The number of rotatable bonds is 4. The maximum Gasteiger partial charge on any atom is 0.274 e. The van der Waals surface area contributed by atoms with Crippen molar-refractivity contribution in [2.75, 3.05) is 29.9 Å². The lowest BCUT2D eigenvalue weighted by Crippen LogP contribution is -2.38. The summed E-state index contributed by atoms with van der Waals surface area (Å²) < 4.78 is 14.5. The van der Waals surface area contributed by atoms with Crippen LogP contribution in [0.1, 0.15) is 36.5 Å². The second-order valence-corrected chi connectivity index (χ2v) is 8.90. The average molecular weight is 455 g/mol. The lowest BCUT2D eigenvalue weighted by atomic mass is 9.99. The summed E-state index contributed by atoms with van der Waals surface area (Å²) in [5, 5.41) is 2.62. The fourth-order valence-electron chi connectivity index (χ4n) is 4.30. The third-order valence-electron chi connectivity index (χ3n) is 6.39. The quantitative estimate of drug-likeness (QED) is 0.768. The Morgan fingerprint density at radius 2 is 1.76 bits per heavy atom. The number of anilines is 2. The first kappa shape index (κ1) is 22.7. The molecule has 4 rings (SSSR count). The average Bonchev–Trinajstić information content (AvgIpc) is 3.19. The van der Waals surface area contributed by atoms with Crippen molar-refractivity contribution in [1.29, 1.82) is 0 Å². The smallest absolute Gasteiger partial charge is 0.274 e. The predicted octanol–water partition coefficient (Wildman–Crippen LogP) is 2.39. The standard InChI is InChI=1S/C24H27FN4O4/c1-15-7-9-28(10-8-15)23(32)17-11-20(24(33)27(2)13-17)26-22(31)16-12-21(30)29(14-16)19-5-3-18(25)4-6-19/h3-6,11,13,15-16H,7-10,12,14H2,1-2H3,(H,26,31). The second-order valence-electron chi connectivity index (χ2n) is 8.90. The molecule has 2 aliphatic rings. The third-order valence-corrected chi connectivity index (χ3v) is 6.39. The van der Waals surface area contributed by atoms with Gasteiger partial charge >= 0.3 is 0 Å². The summed E-state index contributed by atoms with van der Waals surface area (Å²) >= 11 is 0. The first-order valence-corrected chi connectivity index (χ1v) is 11.1. The van der Waals surface area contributed by atoms with Gasteiger partial charge in [-0.25, -0.2) is 4.39 Å². The normalized spacial score (nSPS) is 19.1. The van der Waals surface area contributed by atoms with E-state index in [0.717, 1.165) is 12.8 Å². The van der Waals surface area contributed by atoms with Crippen LogP contribution in [0.5, 0.6) is 0 Å². The Morgan fingerprint density at radius 3 is 2.42 bits per heavy atom. The largest absolute Gasteiger partial charge is 0.339 e. The van der Waals surface area contributed by atoms with Crippen LogP contribution in [0.3, 0.4) is 0 Å². The maximum atomic E-state index is 13.2. The fourth-order valence-corrected chi connectivity index (χ4v) is 4.30. The molecule has 2 saturated heterocycles. The molecule has 1 atom stereocenters. The van der Waals surface area contributed by atoms with E-state index in [9.17, 15) is 23.6 Å². The molecule has 0 bridgehead atoms. The summed E-state index contributed by atoms with van der Waals surface area (Å²) in [4.78, 5) is 54.1. The van der Waals surface area contributed by atoms with Crippen molar-refractivity contribution >= 4 is 29.1 Å². The number of benzene rings is 1. The molecule has 8 nitrogen and oxygen atoms in total. The molecule has 1 aromatic heterocycles. The molecule has 2 aliphatic heterocycles. The molecule has 1 unspecified atom stereocenters. The monoisotopic (exact) mass is 454 g/mol. The molecule has 1 aromatic carbocycles. The zero-order chi connectivity index (χ0) is 23.7. The van der Waals surface area contributed by atoms with Crippen LogP contribution in [0.25, 0.3) is 0 Å². The summed E-state index contributed by atoms with van der Waals surface area (Å²) in [7, 11) is 1.53. The number of piperidine rings is 1. The van der Waals surface area contributed by atoms with Gasteiger partial charge < -0.3 is 19.7 Å². The molecule has 33 heavy (non-hydrogen) atoms. The molecule has 0 aliphatic carbocycles. The van der Waals surface area contributed by atoms with Crippen LogP contribution in [0.2, 0.25) is 0 Å². The van der Waals surface area contributed by atoms with Gasteiger partial charge in [0.15, 0.2) is 0 Å². The van der Waals surface area contributed by atoms with Crippen molar-refractivity contribution in [1.82, 2.24) is 9.47 Å². The number of nitrogens with zero attached hydrogens (tertiary/aromatic N) is 3. The Morgan fingerprint density at radius 1 is 1.09 bits per heavy atom. The lowest BCUT2D eigenvalue weighted by molar-refractivity contribution is -0.122. The summed E-state index contributed by atoms with van der Waals surface area (Å²) in [6.07, 6.45) is 3.32. The highest BCUT2D eigenvalue weighted by Gasteiger charge is 2.35. The van der Waals surface area contributed by atoms with Gasteiger partial charge in [-0.1, -0.05) is 6.92 Å². The number of amides is 3. The van der Waals surface area contributed by atoms with E-state index in [-0.39, 0.29) is 30.5 Å². The van der Waals surface area contributed by atoms with Crippen LogP contribution in [0.15, 0.2) is 41.3 Å². The highest BCUT2D eigenvalue weighted by molar-refractivity contribution is 6.04. The maximum absolute atomic E-state index is 13.2. The van der Waals surface area contributed by atoms with E-state index in [0.29, 0.717) is 30.3 Å². The Kier molecular flexibility index (Phi) is 6.31.